The Bertz CT molecular complexity index is 410. The fraction of sp³-hybridized carbons (Fsp3) is 0.720. The van der Waals surface area contributed by atoms with Crippen molar-refractivity contribution in [1.82, 2.24) is 0 Å². The number of rotatable bonds is 19. The van der Waals surface area contributed by atoms with Crippen molar-refractivity contribution in [3.63, 3.8) is 0 Å². The third kappa shape index (κ3) is 22.5. The minimum absolute atomic E-state index is 0.484. The van der Waals surface area contributed by atoms with E-state index in [0.717, 1.165) is 44.9 Å². The smallest absolute Gasteiger partial charge is 0.434 e. The minimum atomic E-state index is -0.504. The molecule has 0 amide bonds. The standard InChI is InChI=1S/C25H44O3/c1-3-5-7-9-10-11-12-13-14-15-16-17-18-19-20-22-24-28-25(26)27-23-21-8-6-4-2/h5,7,10-11,13-14H,3-4,6,8-9,12,15-24H2,1-2H3/b7-5-,11-10-,14-13-. The van der Waals surface area contributed by atoms with E-state index in [-0.39, 0.29) is 0 Å². The summed E-state index contributed by atoms with van der Waals surface area (Å²) in [6.07, 6.45) is 28.9. The molecule has 0 aromatic rings. The van der Waals surface area contributed by atoms with Gasteiger partial charge in [0.1, 0.15) is 0 Å². The van der Waals surface area contributed by atoms with Gasteiger partial charge in [0.25, 0.3) is 0 Å². The van der Waals surface area contributed by atoms with Crippen molar-refractivity contribution in [3.05, 3.63) is 36.5 Å². The van der Waals surface area contributed by atoms with E-state index in [1.54, 1.807) is 0 Å². The number of allylic oxidation sites excluding steroid dienone is 6. The third-order valence-electron chi connectivity index (χ3n) is 4.48. The van der Waals surface area contributed by atoms with Crippen molar-refractivity contribution >= 4 is 6.16 Å². The van der Waals surface area contributed by atoms with Crippen LogP contribution in [0.15, 0.2) is 36.5 Å². The Morgan fingerprint density at radius 2 is 1.11 bits per heavy atom. The van der Waals surface area contributed by atoms with Gasteiger partial charge in [-0.3, -0.25) is 0 Å². The molecule has 0 radical (unpaired) electrons. The maximum atomic E-state index is 11.4. The summed E-state index contributed by atoms with van der Waals surface area (Å²) >= 11 is 0. The molecule has 0 saturated carbocycles. The highest BCUT2D eigenvalue weighted by Gasteiger charge is 2.02. The van der Waals surface area contributed by atoms with E-state index in [9.17, 15) is 4.79 Å². The van der Waals surface area contributed by atoms with Gasteiger partial charge < -0.3 is 9.47 Å². The first-order valence-electron chi connectivity index (χ1n) is 11.6. The second-order valence-electron chi connectivity index (χ2n) is 7.21. The molecule has 3 nitrogen and oxygen atoms in total. The lowest BCUT2D eigenvalue weighted by Gasteiger charge is -2.06. The Morgan fingerprint density at radius 3 is 1.71 bits per heavy atom. The largest absolute Gasteiger partial charge is 0.508 e. The molecule has 0 rings (SSSR count). The summed E-state index contributed by atoms with van der Waals surface area (Å²) in [7, 11) is 0. The van der Waals surface area contributed by atoms with Crippen LogP contribution < -0.4 is 0 Å². The first-order chi connectivity index (χ1) is 13.8. The zero-order valence-corrected chi connectivity index (χ0v) is 18.5. The van der Waals surface area contributed by atoms with Gasteiger partial charge in [0.2, 0.25) is 0 Å². The molecular weight excluding hydrogens is 348 g/mol. The van der Waals surface area contributed by atoms with Gasteiger partial charge in [0, 0.05) is 0 Å². The van der Waals surface area contributed by atoms with Crippen molar-refractivity contribution in [3.8, 4) is 0 Å². The predicted molar refractivity (Wildman–Crippen MR) is 121 cm³/mol. The lowest BCUT2D eigenvalue weighted by molar-refractivity contribution is 0.0529. The van der Waals surface area contributed by atoms with Crippen molar-refractivity contribution in [2.45, 2.75) is 104 Å². The molecule has 0 atom stereocenters. The quantitative estimate of drug-likeness (QED) is 0.126. The molecule has 0 aromatic carbocycles. The second-order valence-corrected chi connectivity index (χ2v) is 7.21. The number of hydrogen-bond donors (Lipinski definition) is 0. The highest BCUT2D eigenvalue weighted by Crippen LogP contribution is 2.08. The monoisotopic (exact) mass is 392 g/mol. The summed E-state index contributed by atoms with van der Waals surface area (Å²) in [6, 6.07) is 0. The summed E-state index contributed by atoms with van der Waals surface area (Å²) in [5.74, 6) is 0. The van der Waals surface area contributed by atoms with Gasteiger partial charge in [-0.05, 0) is 44.9 Å². The summed E-state index contributed by atoms with van der Waals surface area (Å²) < 4.78 is 10.1. The van der Waals surface area contributed by atoms with Crippen LogP contribution in [0.3, 0.4) is 0 Å². The Hall–Kier alpha value is -1.51. The summed E-state index contributed by atoms with van der Waals surface area (Å²) in [5.41, 5.74) is 0. The molecule has 3 heteroatoms. The topological polar surface area (TPSA) is 35.5 Å². The average Bonchev–Trinajstić information content (AvgIpc) is 2.70. The molecule has 0 aliphatic heterocycles. The maximum absolute atomic E-state index is 11.4. The molecule has 0 unspecified atom stereocenters. The van der Waals surface area contributed by atoms with E-state index in [0.29, 0.717) is 13.2 Å². The van der Waals surface area contributed by atoms with Crippen LogP contribution >= 0.6 is 0 Å². The first-order valence-corrected chi connectivity index (χ1v) is 11.6. The summed E-state index contributed by atoms with van der Waals surface area (Å²) in [5, 5.41) is 0. The highest BCUT2D eigenvalue weighted by molar-refractivity contribution is 5.59. The van der Waals surface area contributed by atoms with Crippen LogP contribution in [-0.2, 0) is 9.47 Å². The SMILES string of the molecule is CC/C=C\C/C=C\C/C=C\CCCCCCCCOC(=O)OCCCCCC. The van der Waals surface area contributed by atoms with Crippen molar-refractivity contribution in [2.75, 3.05) is 13.2 Å². The van der Waals surface area contributed by atoms with Crippen LogP contribution in [0.4, 0.5) is 4.79 Å². The Labute approximate surface area is 174 Å². The van der Waals surface area contributed by atoms with Gasteiger partial charge in [0.15, 0.2) is 0 Å². The molecule has 0 aliphatic carbocycles. The summed E-state index contributed by atoms with van der Waals surface area (Å²) in [4.78, 5) is 11.4. The molecule has 0 N–H and O–H groups in total. The molecule has 162 valence electrons. The van der Waals surface area contributed by atoms with Crippen LogP contribution in [-0.4, -0.2) is 19.4 Å². The number of ether oxygens (including phenoxy) is 2. The van der Waals surface area contributed by atoms with Crippen LogP contribution in [0.25, 0.3) is 0 Å². The normalized spacial score (nSPS) is 11.8. The molecule has 28 heavy (non-hydrogen) atoms. The van der Waals surface area contributed by atoms with Gasteiger partial charge in [-0.1, -0.05) is 95.2 Å². The fourth-order valence-electron chi connectivity index (χ4n) is 2.78. The number of carbonyl (C=O) groups is 1. The van der Waals surface area contributed by atoms with E-state index in [2.05, 4.69) is 50.3 Å². The van der Waals surface area contributed by atoms with Crippen molar-refractivity contribution in [1.29, 1.82) is 0 Å². The molecule has 0 saturated heterocycles. The van der Waals surface area contributed by atoms with E-state index in [1.807, 2.05) is 0 Å². The Kier molecular flexibility index (Phi) is 22.3. The van der Waals surface area contributed by atoms with E-state index in [4.69, 9.17) is 9.47 Å². The second kappa shape index (κ2) is 23.5. The molecule has 0 spiro atoms. The van der Waals surface area contributed by atoms with Gasteiger partial charge in [0.05, 0.1) is 13.2 Å². The van der Waals surface area contributed by atoms with Crippen LogP contribution in [0.5, 0.6) is 0 Å². The van der Waals surface area contributed by atoms with Crippen LogP contribution in [0.1, 0.15) is 104 Å². The molecular formula is C25H44O3. The number of unbranched alkanes of at least 4 members (excludes halogenated alkanes) is 9. The van der Waals surface area contributed by atoms with Crippen molar-refractivity contribution in [2.24, 2.45) is 0 Å². The van der Waals surface area contributed by atoms with E-state index < -0.39 is 6.16 Å². The Balaban J connectivity index is 3.25. The number of carbonyl (C=O) groups excluding carboxylic acids is 1. The van der Waals surface area contributed by atoms with Gasteiger partial charge in [-0.25, -0.2) is 4.79 Å². The van der Waals surface area contributed by atoms with Crippen LogP contribution in [0.2, 0.25) is 0 Å². The molecule has 0 aromatic heterocycles. The first kappa shape index (κ1) is 26.5. The highest BCUT2D eigenvalue weighted by atomic mass is 16.7. The molecule has 0 aliphatic rings. The lowest BCUT2D eigenvalue weighted by atomic mass is 10.1. The van der Waals surface area contributed by atoms with Gasteiger partial charge >= 0.3 is 6.16 Å². The van der Waals surface area contributed by atoms with Gasteiger partial charge in [-0.2, -0.15) is 0 Å². The zero-order valence-electron chi connectivity index (χ0n) is 18.5. The molecule has 0 fully saturated rings. The van der Waals surface area contributed by atoms with Crippen molar-refractivity contribution < 1.29 is 14.3 Å². The predicted octanol–water partition coefficient (Wildman–Crippen LogP) is 8.31. The zero-order chi connectivity index (χ0) is 20.5. The third-order valence-corrected chi connectivity index (χ3v) is 4.48. The minimum Gasteiger partial charge on any atom is -0.434 e. The van der Waals surface area contributed by atoms with E-state index >= 15 is 0 Å². The maximum Gasteiger partial charge on any atom is 0.508 e. The average molecular weight is 393 g/mol. The van der Waals surface area contributed by atoms with E-state index in [1.165, 1.54) is 44.9 Å². The fourth-order valence-corrected chi connectivity index (χ4v) is 2.78. The lowest BCUT2D eigenvalue weighted by Crippen LogP contribution is -2.09. The summed E-state index contributed by atoms with van der Waals surface area (Å²) in [6.45, 7) is 5.30. The molecule has 0 bridgehead atoms. The molecule has 0 heterocycles. The Morgan fingerprint density at radius 1 is 0.607 bits per heavy atom. The van der Waals surface area contributed by atoms with Gasteiger partial charge in [-0.15, -0.1) is 0 Å². The number of hydrogen-bond acceptors (Lipinski definition) is 3. The van der Waals surface area contributed by atoms with Crippen LogP contribution in [0, 0.1) is 0 Å².